The number of aliphatic hydroxyl groups is 2. The quantitative estimate of drug-likeness (QED) is 0.605. The highest BCUT2D eigenvalue weighted by atomic mass is 16.5. The molecule has 7 heteroatoms. The molecular weight excluding hydrogens is 404 g/mol. The topological polar surface area (TPSA) is 95.5 Å². The second-order valence-corrected chi connectivity index (χ2v) is 9.68. The molecule has 0 spiro atoms. The van der Waals surface area contributed by atoms with Crippen molar-refractivity contribution in [1.29, 1.82) is 0 Å². The molecule has 7 nitrogen and oxygen atoms in total. The Morgan fingerprint density at radius 3 is 2.44 bits per heavy atom. The molecule has 2 atom stereocenters. The lowest BCUT2D eigenvalue weighted by atomic mass is 9.62. The van der Waals surface area contributed by atoms with Gasteiger partial charge in [0, 0.05) is 46.1 Å². The Bertz CT molecular complexity index is 1200. The fraction of sp³-hybridized carbons (Fsp3) is 0.480. The average Bonchev–Trinajstić information content (AvgIpc) is 3.28. The van der Waals surface area contributed by atoms with Crippen LogP contribution in [-0.4, -0.2) is 50.4 Å². The van der Waals surface area contributed by atoms with Crippen LogP contribution in [0.15, 0.2) is 47.2 Å². The molecule has 32 heavy (non-hydrogen) atoms. The molecule has 1 aliphatic heterocycles. The van der Waals surface area contributed by atoms with E-state index in [0.717, 1.165) is 12.5 Å². The van der Waals surface area contributed by atoms with Crippen LogP contribution in [0, 0.1) is 5.41 Å². The Kier molecular flexibility index (Phi) is 4.59. The third-order valence-electron chi connectivity index (χ3n) is 6.36. The number of benzene rings is 1. The average molecular weight is 440 g/mol. The van der Waals surface area contributed by atoms with Gasteiger partial charge in [-0.1, -0.05) is 50.2 Å². The number of nitrogens with zero attached hydrogens (tertiary/aromatic N) is 4. The molecule has 170 valence electrons. The Labute approximate surface area is 193 Å². The Morgan fingerprint density at radius 1 is 1.16 bits per heavy atom. The van der Waals surface area contributed by atoms with E-state index in [4.69, 9.17) is 8.64 Å². The van der Waals surface area contributed by atoms with E-state index in [1.165, 1.54) is 11.8 Å². The maximum Gasteiger partial charge on any atom is 0.258 e. The lowest BCUT2D eigenvalue weighted by Crippen LogP contribution is -2.63. The first-order valence-electron chi connectivity index (χ1n) is 12.2. The molecule has 3 aromatic rings. The monoisotopic (exact) mass is 439 g/mol. The summed E-state index contributed by atoms with van der Waals surface area (Å²) in [5.74, 6) is 0.0318. The van der Waals surface area contributed by atoms with Gasteiger partial charge in [0.05, 0.1) is 0 Å². The molecule has 4 rings (SSSR count). The van der Waals surface area contributed by atoms with Crippen LogP contribution in [0.3, 0.4) is 0 Å². The van der Waals surface area contributed by atoms with Gasteiger partial charge in [-0.3, -0.25) is 4.98 Å². The minimum absolute atomic E-state index is 0.0762. The lowest BCUT2D eigenvalue weighted by molar-refractivity contribution is -0.127. The van der Waals surface area contributed by atoms with Gasteiger partial charge in [0.25, 0.3) is 5.89 Å². The van der Waals surface area contributed by atoms with Gasteiger partial charge in [-0.2, -0.15) is 4.98 Å². The normalized spacial score (nSPS) is 21.7. The number of aromatic nitrogens is 3. The summed E-state index contributed by atoms with van der Waals surface area (Å²) in [6, 6.07) is 9.75. The van der Waals surface area contributed by atoms with Crippen LogP contribution in [0.25, 0.3) is 11.4 Å². The SMILES string of the molecule is [2H]C([2H])([2H])C(C)(O)c1nc(-c2cncc([C@@](O)(c3ccc(C(C)C)cc3)C3(C)CN(C)C3)c2)no1. The van der Waals surface area contributed by atoms with E-state index in [-0.39, 0.29) is 5.82 Å². The zero-order valence-electron chi connectivity index (χ0n) is 22.1. The summed E-state index contributed by atoms with van der Waals surface area (Å²) in [5.41, 5.74) is -1.19. The van der Waals surface area contributed by atoms with Crippen LogP contribution in [0.4, 0.5) is 0 Å². The number of hydrogen-bond acceptors (Lipinski definition) is 7. The molecule has 1 fully saturated rings. The van der Waals surface area contributed by atoms with Crippen LogP contribution in [0.5, 0.6) is 0 Å². The highest BCUT2D eigenvalue weighted by molar-refractivity contribution is 5.56. The van der Waals surface area contributed by atoms with Crippen molar-refractivity contribution in [2.75, 3.05) is 20.1 Å². The molecule has 1 saturated heterocycles. The Balaban J connectivity index is 1.79. The maximum atomic E-state index is 12.3. The fourth-order valence-electron chi connectivity index (χ4n) is 4.65. The maximum absolute atomic E-state index is 12.3. The van der Waals surface area contributed by atoms with E-state index in [1.807, 2.05) is 31.3 Å². The Hall–Kier alpha value is -2.61. The van der Waals surface area contributed by atoms with Crippen molar-refractivity contribution in [2.24, 2.45) is 5.41 Å². The molecule has 0 bridgehead atoms. The van der Waals surface area contributed by atoms with Gasteiger partial charge in [0.15, 0.2) is 0 Å². The van der Waals surface area contributed by atoms with E-state index in [1.54, 1.807) is 12.3 Å². The molecular formula is C25H32N4O3. The van der Waals surface area contributed by atoms with Gasteiger partial charge < -0.3 is 19.6 Å². The summed E-state index contributed by atoms with van der Waals surface area (Å²) < 4.78 is 27.8. The molecule has 0 aliphatic carbocycles. The van der Waals surface area contributed by atoms with Crippen molar-refractivity contribution in [3.8, 4) is 11.4 Å². The second-order valence-electron chi connectivity index (χ2n) is 9.68. The summed E-state index contributed by atoms with van der Waals surface area (Å²) in [4.78, 5) is 10.6. The standard InChI is InChI=1S/C25H32N4O3/c1-16(2)17-7-9-19(10-8-17)25(31,24(5)14-29(6)15-24)20-11-18(12-26-13-20)21-27-22(32-28-21)23(3,4)30/h7-13,16,30-31H,14-15H2,1-6H3/t25-/m0/s1/i3D3/t23?,25-. The third kappa shape index (κ3) is 3.74. The van der Waals surface area contributed by atoms with Gasteiger partial charge in [0.2, 0.25) is 5.82 Å². The summed E-state index contributed by atoms with van der Waals surface area (Å²) in [5, 5.41) is 26.7. The predicted octanol–water partition coefficient (Wildman–Crippen LogP) is 3.67. The van der Waals surface area contributed by atoms with Crippen molar-refractivity contribution in [3.63, 3.8) is 0 Å². The van der Waals surface area contributed by atoms with Gasteiger partial charge in [-0.25, -0.2) is 0 Å². The lowest BCUT2D eigenvalue weighted by Gasteiger charge is -2.55. The van der Waals surface area contributed by atoms with Crippen LogP contribution in [0.1, 0.15) is 67.2 Å². The summed E-state index contributed by atoms with van der Waals surface area (Å²) in [6.45, 7) is 6.04. The van der Waals surface area contributed by atoms with Gasteiger partial charge in [-0.15, -0.1) is 0 Å². The van der Waals surface area contributed by atoms with Crippen molar-refractivity contribution in [1.82, 2.24) is 20.0 Å². The van der Waals surface area contributed by atoms with Gasteiger partial charge >= 0.3 is 0 Å². The molecule has 1 aromatic carbocycles. The van der Waals surface area contributed by atoms with Crippen LogP contribution < -0.4 is 0 Å². The molecule has 2 N–H and O–H groups in total. The summed E-state index contributed by atoms with van der Waals surface area (Å²) >= 11 is 0. The van der Waals surface area contributed by atoms with Crippen molar-refractivity contribution in [2.45, 2.75) is 51.7 Å². The highest BCUT2D eigenvalue weighted by Crippen LogP contribution is 2.50. The number of hydrogen-bond donors (Lipinski definition) is 2. The molecule has 3 heterocycles. The Morgan fingerprint density at radius 2 is 1.84 bits per heavy atom. The minimum Gasteiger partial charge on any atom is -0.381 e. The van der Waals surface area contributed by atoms with Crippen molar-refractivity contribution in [3.05, 3.63) is 65.3 Å². The van der Waals surface area contributed by atoms with Crippen molar-refractivity contribution < 1.29 is 18.8 Å². The van der Waals surface area contributed by atoms with E-state index < -0.39 is 29.4 Å². The molecule has 2 aromatic heterocycles. The largest absolute Gasteiger partial charge is 0.381 e. The molecule has 1 aliphatic rings. The van der Waals surface area contributed by atoms with E-state index in [9.17, 15) is 10.2 Å². The minimum atomic E-state index is -2.75. The second kappa shape index (κ2) is 7.76. The smallest absolute Gasteiger partial charge is 0.258 e. The number of rotatable bonds is 6. The zero-order valence-corrected chi connectivity index (χ0v) is 19.1. The predicted molar refractivity (Wildman–Crippen MR) is 122 cm³/mol. The summed E-state index contributed by atoms with van der Waals surface area (Å²) in [7, 11) is 2.01. The molecule has 1 unspecified atom stereocenters. The summed E-state index contributed by atoms with van der Waals surface area (Å²) in [6.07, 6.45) is 3.14. The van der Waals surface area contributed by atoms with Crippen LogP contribution in [0.2, 0.25) is 0 Å². The molecule has 0 radical (unpaired) electrons. The third-order valence-corrected chi connectivity index (χ3v) is 6.36. The first-order chi connectivity index (χ1) is 16.2. The van der Waals surface area contributed by atoms with Crippen LogP contribution in [-0.2, 0) is 11.2 Å². The fourth-order valence-corrected chi connectivity index (χ4v) is 4.65. The zero-order chi connectivity index (χ0) is 25.8. The number of pyridine rings is 1. The molecule has 0 saturated carbocycles. The number of likely N-dealkylation sites (tertiary alicyclic amines) is 1. The molecule has 0 amide bonds. The van der Waals surface area contributed by atoms with Gasteiger partial charge in [0.1, 0.15) is 11.2 Å². The van der Waals surface area contributed by atoms with E-state index >= 15 is 0 Å². The van der Waals surface area contributed by atoms with E-state index in [0.29, 0.717) is 30.1 Å². The first-order valence-corrected chi connectivity index (χ1v) is 10.7. The van der Waals surface area contributed by atoms with Gasteiger partial charge in [-0.05, 0) is 43.9 Å². The highest BCUT2D eigenvalue weighted by Gasteiger charge is 2.55. The van der Waals surface area contributed by atoms with Crippen molar-refractivity contribution >= 4 is 0 Å². The van der Waals surface area contributed by atoms with Crippen LogP contribution >= 0.6 is 0 Å². The first kappa shape index (κ1) is 18.9. The van der Waals surface area contributed by atoms with E-state index in [2.05, 4.69) is 40.8 Å².